The molecule has 0 amide bonds. The van der Waals surface area contributed by atoms with Crippen LogP contribution in [0.5, 0.6) is 11.5 Å². The molecule has 0 spiro atoms. The molecule has 0 N–H and O–H groups in total. The van der Waals surface area contributed by atoms with Gasteiger partial charge in [0, 0.05) is 26.6 Å². The quantitative estimate of drug-likeness (QED) is 0.0434. The molecule has 16 rings (SSSR count). The Bertz CT molecular complexity index is 7240. The van der Waals surface area contributed by atoms with Gasteiger partial charge in [-0.25, -0.2) is 0 Å². The summed E-state index contributed by atoms with van der Waals surface area (Å²) in [7, 11) is -13.9. The summed E-state index contributed by atoms with van der Waals surface area (Å²) >= 11 is 0. The Hall–Kier alpha value is -11.4. The molecule has 6 heteroatoms. The van der Waals surface area contributed by atoms with Gasteiger partial charge in [0.2, 0.25) is 0 Å². The normalized spacial score (nSPS) is 17.6. The van der Waals surface area contributed by atoms with Crippen molar-refractivity contribution >= 4 is 90.5 Å². The number of aromatic nitrogens is 3. The van der Waals surface area contributed by atoms with E-state index in [1.54, 1.807) is 77.4 Å². The Morgan fingerprint density at radius 2 is 0.860 bits per heavy atom. The van der Waals surface area contributed by atoms with Crippen molar-refractivity contribution in [2.75, 3.05) is 0 Å². The van der Waals surface area contributed by atoms with E-state index < -0.39 is 292 Å². The fourth-order valence-electron chi connectivity index (χ4n) is 13.3. The van der Waals surface area contributed by atoms with Gasteiger partial charge in [-0.2, -0.15) is 0 Å². The number of para-hydroxylation sites is 1. The predicted molar refractivity (Wildman–Crippen MR) is 425 cm³/mol. The number of fused-ring (bicyclic) bond motifs is 4. The maximum Gasteiger partial charge on any atom is 0.269 e. The molecule has 0 unspecified atom stereocenters. The highest BCUT2D eigenvalue weighted by Crippen LogP contribution is 2.38. The summed E-state index contributed by atoms with van der Waals surface area (Å²) in [4.78, 5) is 0. The number of imidazole rings is 1. The minimum Gasteiger partial charge on any atom is -0.458 e. The van der Waals surface area contributed by atoms with Crippen LogP contribution in [-0.4, -0.2) is 25.3 Å². The number of rotatable bonds is 15. The summed E-state index contributed by atoms with van der Waals surface area (Å²) in [5, 5.41) is -7.20. The highest BCUT2D eigenvalue weighted by molar-refractivity contribution is 7.22. The van der Waals surface area contributed by atoms with E-state index in [2.05, 4.69) is 6.33 Å². The highest BCUT2D eigenvalue weighted by Gasteiger charge is 2.49. The Balaban J connectivity index is 1.15. The van der Waals surface area contributed by atoms with Gasteiger partial charge in [-0.15, -0.1) is 0 Å². The van der Waals surface area contributed by atoms with Crippen LogP contribution >= 0.6 is 0 Å². The number of nitrogens with zero attached hydrogens (tertiary/aromatic N) is 3. The summed E-state index contributed by atoms with van der Waals surface area (Å²) in [5.41, 5.74) is -1.19. The summed E-state index contributed by atoms with van der Waals surface area (Å²) in [6.07, 6.45) is 3.43. The van der Waals surface area contributed by atoms with Crippen LogP contribution in [0.2, 0.25) is 0 Å². The molecule has 0 fully saturated rings. The summed E-state index contributed by atoms with van der Waals surface area (Å²) in [6, 6.07) is -3.69. The van der Waals surface area contributed by atoms with E-state index in [1.165, 1.54) is 61.7 Å². The average molecular weight is 1360 g/mol. The van der Waals surface area contributed by atoms with E-state index in [1.807, 2.05) is 51.1 Å². The molecule has 2 heterocycles. The van der Waals surface area contributed by atoms with E-state index in [9.17, 15) is 41.1 Å². The van der Waals surface area contributed by atoms with Gasteiger partial charge in [0.1, 0.15) is 11.5 Å². The molecule has 14 aromatic carbocycles. The van der Waals surface area contributed by atoms with Gasteiger partial charge in [-0.05, 0) is 153 Å². The second kappa shape index (κ2) is 25.8. The Labute approximate surface area is 643 Å². The van der Waals surface area contributed by atoms with Crippen molar-refractivity contribution in [3.8, 4) is 50.8 Å². The Morgan fingerprint density at radius 1 is 0.380 bits per heavy atom. The molecule has 0 bridgehead atoms. The van der Waals surface area contributed by atoms with Crippen molar-refractivity contribution < 1.29 is 61.4 Å². The van der Waals surface area contributed by atoms with Crippen LogP contribution in [-0.2, 0) is 10.8 Å². The lowest BCUT2D eigenvalue weighted by atomic mass is 9.86. The van der Waals surface area contributed by atoms with Crippen LogP contribution in [0.4, 0.5) is 0 Å². The minimum absolute atomic E-state index is 0.0114. The molecular formula is C94H79N3OSi2. The standard InChI is InChI=1S/C94H79N3OSi2/c1-67-60-74(55-57-83(67)69-32-15-8-16-33-69)97-86-49-30-29-48-84(86)85-58-56-76(65-88(85)97)98-75-35-31-34-73(64-75)95-66-96(87-59-52-70(61-89(87)95)68-50-53-71(54-51-68)93(2,3)4)92-90(99(77-36-17-9-18-37-77,78-38-19-10-20-39-78)79-40-21-11-22-41-79)62-72(94(5,6)7)63-91(92)100(80-42-23-12-24-43-80,81-44-25-13-26-45-81)82-46-27-14-28-47-82/h8-65H,1-7H3/i1D3,8D,9D,10D,11D,12D,13D,14D,15D,16D,17D,18D,19D,20D,21D,22D,23D,24D,25D,26D,27D,28D,32D,33D,36D,37D,38D,39D,40D,41D,42D,43D,44D,45D,46D,47D. The monoisotopic (exact) mass is 1360 g/mol. The van der Waals surface area contributed by atoms with Gasteiger partial charge < -0.3 is 9.30 Å². The van der Waals surface area contributed by atoms with Gasteiger partial charge in [-0.3, -0.25) is 9.13 Å². The molecule has 2 aromatic heterocycles. The number of hydrogen-bond donors (Lipinski definition) is 0. The van der Waals surface area contributed by atoms with E-state index in [4.69, 9.17) is 15.7 Å². The van der Waals surface area contributed by atoms with Crippen molar-refractivity contribution in [3.63, 3.8) is 0 Å². The van der Waals surface area contributed by atoms with Gasteiger partial charge in [-0.1, -0.05) is 332 Å². The van der Waals surface area contributed by atoms with Gasteiger partial charge in [0.05, 0.1) is 81.4 Å². The lowest BCUT2D eigenvalue weighted by molar-refractivity contribution is -0.570. The molecule has 0 radical (unpaired) electrons. The van der Waals surface area contributed by atoms with E-state index in [-0.39, 0.29) is 56.2 Å². The van der Waals surface area contributed by atoms with Crippen LogP contribution in [0.25, 0.3) is 72.2 Å². The summed E-state index contributed by atoms with van der Waals surface area (Å²) in [5.74, 6) is 0.128. The third-order valence-corrected chi connectivity index (χ3v) is 26.4. The van der Waals surface area contributed by atoms with Crippen molar-refractivity contribution in [2.24, 2.45) is 0 Å². The molecule has 0 saturated heterocycles. The van der Waals surface area contributed by atoms with E-state index in [0.717, 1.165) is 10.1 Å². The van der Waals surface area contributed by atoms with E-state index >= 15 is 0 Å². The SMILES string of the molecule is [2H]c1c([2H])c([2H])c(-c2ccc(-n3c4ccccc4c4ccc(Oc5cccc(-n6[c-][n+](-c7c([Si](c8c([2H])c([2H])c([2H])c([2H])c8[2H])(c8c([2H])c([2H])c([2H])c([2H])c8[2H])c8c([2H])c([2H])c([2H])c([2H])c8[2H])cc(C(C)(C)C)cc7[Si](c7c([2H])c([2H])c([2H])c([2H])c7[2H])(c7c([2H])c([2H])c([2H])c([2H])c7[2H])c7c([2H])c([2H])c([2H])c([2H])c7[2H])c7ccc(-c8ccc(C(C)(C)C)cc8)cc76)c5)cc43)cc2C([2H])([2H])[2H])c([2H])c1[2H]. The molecule has 0 aliphatic heterocycles. The zero-order valence-corrected chi connectivity index (χ0v) is 56.5. The molecule has 100 heavy (non-hydrogen) atoms. The first-order valence-corrected chi connectivity index (χ1v) is 35.8. The number of ether oxygens (including phenoxy) is 1. The highest BCUT2D eigenvalue weighted by atomic mass is 28.3. The molecular weight excluding hydrogens is 1240 g/mol. The number of aryl methyl sites for hydroxylation is 1. The summed E-state index contributed by atoms with van der Waals surface area (Å²) in [6.45, 7) is 7.63. The Kier molecular flexibility index (Phi) is 8.74. The molecule has 0 atom stereocenters. The lowest BCUT2D eigenvalue weighted by Crippen LogP contribution is -2.80. The van der Waals surface area contributed by atoms with Crippen LogP contribution < -0.4 is 50.8 Å². The smallest absolute Gasteiger partial charge is 0.269 e. The predicted octanol–water partition coefficient (Wildman–Crippen LogP) is 17.6. The van der Waals surface area contributed by atoms with Crippen LogP contribution in [0, 0.1) is 13.2 Å². The lowest BCUT2D eigenvalue weighted by Gasteiger charge is -2.42. The summed E-state index contributed by atoms with van der Waals surface area (Å²) < 4.78 is 382. The second-order valence-electron chi connectivity index (χ2n) is 25.8. The van der Waals surface area contributed by atoms with Crippen molar-refractivity contribution in [3.05, 3.63) is 374 Å². The molecule has 16 aromatic rings. The van der Waals surface area contributed by atoms with Gasteiger partial charge in [0.25, 0.3) is 6.33 Å². The maximum absolute atomic E-state index is 10.6. The van der Waals surface area contributed by atoms with Crippen molar-refractivity contribution in [1.82, 2.24) is 9.13 Å². The molecule has 4 nitrogen and oxygen atoms in total. The molecule has 0 aliphatic carbocycles. The third kappa shape index (κ3) is 11.1. The molecule has 0 saturated carbocycles. The average Bonchev–Trinajstić information content (AvgIpc) is 1.62. The zero-order valence-electron chi connectivity index (χ0n) is 92.5. The van der Waals surface area contributed by atoms with Crippen LogP contribution in [0.15, 0.2) is 351 Å². The number of benzene rings is 14. The van der Waals surface area contributed by atoms with Gasteiger partial charge >= 0.3 is 0 Å². The number of hydrogen-bond acceptors (Lipinski definition) is 1. The topological polar surface area (TPSA) is 23.0 Å². The fourth-order valence-corrected chi connectivity index (χ4v) is 21.4. The first-order valence-electron chi connectivity index (χ1n) is 50.8. The van der Waals surface area contributed by atoms with Crippen LogP contribution in [0.3, 0.4) is 0 Å². The van der Waals surface area contributed by atoms with Crippen molar-refractivity contribution in [2.45, 2.75) is 59.2 Å². The van der Waals surface area contributed by atoms with E-state index in [0.29, 0.717) is 32.9 Å². The fraction of sp³-hybridized carbons (Fsp3) is 0.0957. The Morgan fingerprint density at radius 3 is 1.37 bits per heavy atom. The van der Waals surface area contributed by atoms with Crippen LogP contribution in [0.1, 0.15) is 110 Å². The third-order valence-electron chi connectivity index (χ3n) is 18.0. The maximum atomic E-state index is 10.6. The molecule has 484 valence electrons. The van der Waals surface area contributed by atoms with Gasteiger partial charge in [0.15, 0.2) is 16.1 Å². The second-order valence-corrected chi connectivity index (χ2v) is 32.9. The zero-order chi connectivity index (χ0) is 101. The minimum atomic E-state index is -6.93. The molecule has 0 aliphatic rings. The first-order chi connectivity index (χ1) is 64.5. The van der Waals surface area contributed by atoms with Crippen molar-refractivity contribution in [1.29, 1.82) is 0 Å². The largest absolute Gasteiger partial charge is 0.458 e. The first kappa shape index (κ1) is 33.9.